The molecule has 2 nitrogen and oxygen atoms in total. The van der Waals surface area contributed by atoms with Crippen LogP contribution in [0.1, 0.15) is 105 Å². The van der Waals surface area contributed by atoms with Gasteiger partial charge in [-0.15, -0.1) is 0 Å². The summed E-state index contributed by atoms with van der Waals surface area (Å²) in [7, 11) is 0. The second kappa shape index (κ2) is 15.4. The fraction of sp³-hybridized carbons (Fsp3) is 0.950. The highest BCUT2D eigenvalue weighted by atomic mass is 16.1. The van der Waals surface area contributed by atoms with E-state index in [0.717, 1.165) is 12.5 Å². The van der Waals surface area contributed by atoms with Crippen LogP contribution in [0.5, 0.6) is 0 Å². The molecule has 0 saturated carbocycles. The lowest BCUT2D eigenvalue weighted by Gasteiger charge is -2.18. The number of unbranched alkanes of at least 4 members (excludes halogenated alkanes) is 7. The van der Waals surface area contributed by atoms with E-state index in [0.29, 0.717) is 0 Å². The first kappa shape index (κ1) is 21.5. The summed E-state index contributed by atoms with van der Waals surface area (Å²) in [5, 5.41) is 3.09. The minimum atomic E-state index is 0.108. The molecular formula is C20H41NO. The highest BCUT2D eigenvalue weighted by molar-refractivity contribution is 5.77. The average Bonchev–Trinajstić information content (AvgIpc) is 2.50. The zero-order chi connectivity index (χ0) is 16.6. The van der Waals surface area contributed by atoms with Crippen LogP contribution in [0.3, 0.4) is 0 Å². The molecule has 0 aromatic carbocycles. The van der Waals surface area contributed by atoms with Gasteiger partial charge in [-0.2, -0.15) is 0 Å². The van der Waals surface area contributed by atoms with Gasteiger partial charge in [-0.25, -0.2) is 0 Å². The van der Waals surface area contributed by atoms with Crippen LogP contribution in [-0.2, 0) is 4.79 Å². The van der Waals surface area contributed by atoms with E-state index in [1.807, 2.05) is 13.8 Å². The molecule has 1 N–H and O–H groups in total. The number of rotatable bonds is 15. The first-order valence-electron chi connectivity index (χ1n) is 9.89. The van der Waals surface area contributed by atoms with E-state index in [2.05, 4.69) is 19.2 Å². The molecule has 1 atom stereocenters. The normalized spacial score (nSPS) is 12.6. The Kier molecular flexibility index (Phi) is 15.0. The van der Waals surface area contributed by atoms with Gasteiger partial charge < -0.3 is 5.32 Å². The maximum absolute atomic E-state index is 11.6. The van der Waals surface area contributed by atoms with E-state index < -0.39 is 0 Å². The summed E-state index contributed by atoms with van der Waals surface area (Å²) >= 11 is 0. The van der Waals surface area contributed by atoms with Crippen LogP contribution in [0.4, 0.5) is 0 Å². The molecule has 0 aliphatic heterocycles. The van der Waals surface area contributed by atoms with E-state index in [1.54, 1.807) is 0 Å². The van der Waals surface area contributed by atoms with Crippen LogP contribution < -0.4 is 5.32 Å². The Morgan fingerprint density at radius 2 is 1.27 bits per heavy atom. The Morgan fingerprint density at radius 1 is 0.773 bits per heavy atom. The molecule has 0 radical (unpaired) electrons. The van der Waals surface area contributed by atoms with Crippen molar-refractivity contribution < 1.29 is 4.79 Å². The quantitative estimate of drug-likeness (QED) is 0.364. The van der Waals surface area contributed by atoms with Crippen LogP contribution in [0.2, 0.25) is 0 Å². The van der Waals surface area contributed by atoms with Gasteiger partial charge in [-0.3, -0.25) is 4.79 Å². The van der Waals surface area contributed by atoms with Crippen molar-refractivity contribution in [2.75, 3.05) is 6.54 Å². The van der Waals surface area contributed by atoms with Gasteiger partial charge in [-0.05, 0) is 12.3 Å². The minimum Gasteiger partial charge on any atom is -0.356 e. The third kappa shape index (κ3) is 13.2. The van der Waals surface area contributed by atoms with Gasteiger partial charge >= 0.3 is 0 Å². The molecular weight excluding hydrogens is 270 g/mol. The van der Waals surface area contributed by atoms with E-state index in [-0.39, 0.29) is 11.8 Å². The summed E-state index contributed by atoms with van der Waals surface area (Å²) in [5.74, 6) is 1.12. The monoisotopic (exact) mass is 311 g/mol. The van der Waals surface area contributed by atoms with Gasteiger partial charge in [0.2, 0.25) is 5.91 Å². The van der Waals surface area contributed by atoms with Crippen LogP contribution in [0.25, 0.3) is 0 Å². The summed E-state index contributed by atoms with van der Waals surface area (Å²) in [4.78, 5) is 11.6. The number of hydrogen-bond acceptors (Lipinski definition) is 1. The second-order valence-corrected chi connectivity index (χ2v) is 7.15. The molecule has 2 heteroatoms. The molecule has 1 amide bonds. The first-order chi connectivity index (χ1) is 10.6. The highest BCUT2D eigenvalue weighted by Crippen LogP contribution is 2.21. The number of carbonyl (C=O) groups excluding carboxylic acids is 1. The lowest BCUT2D eigenvalue weighted by Crippen LogP contribution is -2.29. The number of nitrogens with one attached hydrogen (secondary N) is 1. The second-order valence-electron chi connectivity index (χ2n) is 7.15. The minimum absolute atomic E-state index is 0.108. The Bertz CT molecular complexity index is 250. The molecule has 0 aliphatic rings. The van der Waals surface area contributed by atoms with E-state index in [9.17, 15) is 4.79 Å². The summed E-state index contributed by atoms with van der Waals surface area (Å²) in [6.45, 7) is 9.33. The van der Waals surface area contributed by atoms with Crippen LogP contribution in [-0.4, -0.2) is 12.5 Å². The molecule has 22 heavy (non-hydrogen) atoms. The maximum atomic E-state index is 11.6. The van der Waals surface area contributed by atoms with Gasteiger partial charge in [0, 0.05) is 12.5 Å². The fourth-order valence-electron chi connectivity index (χ4n) is 2.93. The Hall–Kier alpha value is -0.530. The first-order valence-corrected chi connectivity index (χ1v) is 9.89. The SMILES string of the molecule is CCCCCCCC(CCCCCC)CCNC(=O)C(C)C. The van der Waals surface area contributed by atoms with Crippen LogP contribution in [0.15, 0.2) is 0 Å². The molecule has 132 valence electrons. The predicted molar refractivity (Wildman–Crippen MR) is 98.1 cm³/mol. The topological polar surface area (TPSA) is 29.1 Å². The third-order valence-corrected chi connectivity index (χ3v) is 4.56. The van der Waals surface area contributed by atoms with Gasteiger partial charge in [0.05, 0.1) is 0 Å². The van der Waals surface area contributed by atoms with Crippen molar-refractivity contribution in [3.63, 3.8) is 0 Å². The molecule has 0 rings (SSSR count). The van der Waals surface area contributed by atoms with Crippen molar-refractivity contribution in [3.05, 3.63) is 0 Å². The molecule has 1 unspecified atom stereocenters. The lowest BCUT2D eigenvalue weighted by atomic mass is 9.91. The molecule has 0 aliphatic carbocycles. The molecule has 0 heterocycles. The number of carbonyl (C=O) groups is 1. The molecule has 0 aromatic heterocycles. The summed E-state index contributed by atoms with van der Waals surface area (Å²) in [6.07, 6.45) is 16.1. The van der Waals surface area contributed by atoms with Crippen molar-refractivity contribution in [1.82, 2.24) is 5.32 Å². The van der Waals surface area contributed by atoms with Gasteiger partial charge in [0.15, 0.2) is 0 Å². The van der Waals surface area contributed by atoms with E-state index in [1.165, 1.54) is 77.0 Å². The average molecular weight is 312 g/mol. The summed E-state index contributed by atoms with van der Waals surface area (Å²) < 4.78 is 0. The van der Waals surface area contributed by atoms with Crippen LogP contribution >= 0.6 is 0 Å². The van der Waals surface area contributed by atoms with Gasteiger partial charge in [0.25, 0.3) is 0 Å². The van der Waals surface area contributed by atoms with E-state index >= 15 is 0 Å². The lowest BCUT2D eigenvalue weighted by molar-refractivity contribution is -0.124. The Morgan fingerprint density at radius 3 is 1.77 bits per heavy atom. The molecule has 0 bridgehead atoms. The molecule has 0 spiro atoms. The molecule has 0 aromatic rings. The third-order valence-electron chi connectivity index (χ3n) is 4.56. The van der Waals surface area contributed by atoms with Gasteiger partial charge in [-0.1, -0.05) is 98.3 Å². The van der Waals surface area contributed by atoms with Gasteiger partial charge in [0.1, 0.15) is 0 Å². The Balaban J connectivity index is 3.91. The fourth-order valence-corrected chi connectivity index (χ4v) is 2.93. The standard InChI is InChI=1S/C20H41NO/c1-5-7-9-11-13-15-19(14-12-10-8-6-2)16-17-21-20(22)18(3)4/h18-19H,5-17H2,1-4H3,(H,21,22). The Labute approximate surface area is 139 Å². The molecule has 0 fully saturated rings. The largest absolute Gasteiger partial charge is 0.356 e. The number of amides is 1. The predicted octanol–water partition coefficient (Wildman–Crippen LogP) is 6.10. The van der Waals surface area contributed by atoms with Crippen molar-refractivity contribution in [2.24, 2.45) is 11.8 Å². The van der Waals surface area contributed by atoms with E-state index in [4.69, 9.17) is 0 Å². The smallest absolute Gasteiger partial charge is 0.222 e. The zero-order valence-electron chi connectivity index (χ0n) is 15.8. The zero-order valence-corrected chi connectivity index (χ0v) is 15.8. The van der Waals surface area contributed by atoms with Crippen molar-refractivity contribution in [3.8, 4) is 0 Å². The van der Waals surface area contributed by atoms with Crippen molar-refractivity contribution in [1.29, 1.82) is 0 Å². The summed E-state index contributed by atoms with van der Waals surface area (Å²) in [5.41, 5.74) is 0. The maximum Gasteiger partial charge on any atom is 0.222 e. The summed E-state index contributed by atoms with van der Waals surface area (Å²) in [6, 6.07) is 0. The van der Waals surface area contributed by atoms with Crippen molar-refractivity contribution >= 4 is 5.91 Å². The highest BCUT2D eigenvalue weighted by Gasteiger charge is 2.11. The van der Waals surface area contributed by atoms with Crippen LogP contribution in [0, 0.1) is 11.8 Å². The molecule has 0 saturated heterocycles. The number of hydrogen-bond donors (Lipinski definition) is 1. The van der Waals surface area contributed by atoms with Crippen molar-refractivity contribution in [2.45, 2.75) is 105 Å².